The normalized spacial score (nSPS) is 23.6. The molecule has 0 aliphatic carbocycles. The van der Waals surface area contributed by atoms with E-state index >= 15 is 0 Å². The fourth-order valence-electron chi connectivity index (χ4n) is 2.35. The molecule has 1 aliphatic heterocycles. The summed E-state index contributed by atoms with van der Waals surface area (Å²) in [5.74, 6) is 0.897. The standard InChI is InChI=1S/C12H26N2O/c1-4-14(11(2)10-15-3)8-6-12-5-7-13-9-12/h11-13H,4-10H2,1-3H3. The number of hydrogen-bond acceptors (Lipinski definition) is 3. The Morgan fingerprint density at radius 2 is 2.33 bits per heavy atom. The Balaban J connectivity index is 2.19. The van der Waals surface area contributed by atoms with Gasteiger partial charge in [-0.3, -0.25) is 4.90 Å². The molecule has 3 heteroatoms. The van der Waals surface area contributed by atoms with Gasteiger partial charge in [-0.25, -0.2) is 0 Å². The van der Waals surface area contributed by atoms with Crippen LogP contribution in [0.2, 0.25) is 0 Å². The minimum atomic E-state index is 0.550. The number of ether oxygens (including phenoxy) is 1. The van der Waals surface area contributed by atoms with Gasteiger partial charge < -0.3 is 10.1 Å². The van der Waals surface area contributed by atoms with Crippen molar-refractivity contribution in [1.29, 1.82) is 0 Å². The molecular weight excluding hydrogens is 188 g/mol. The molecule has 1 rings (SSSR count). The molecular formula is C12H26N2O. The molecule has 3 nitrogen and oxygen atoms in total. The molecule has 15 heavy (non-hydrogen) atoms. The van der Waals surface area contributed by atoms with E-state index < -0.39 is 0 Å². The Hall–Kier alpha value is -0.120. The van der Waals surface area contributed by atoms with Gasteiger partial charge in [0.05, 0.1) is 6.61 Å². The summed E-state index contributed by atoms with van der Waals surface area (Å²) in [6.45, 7) is 10.1. The van der Waals surface area contributed by atoms with E-state index in [9.17, 15) is 0 Å². The van der Waals surface area contributed by atoms with Crippen molar-refractivity contribution in [2.45, 2.75) is 32.7 Å². The summed E-state index contributed by atoms with van der Waals surface area (Å²) in [6, 6.07) is 0.550. The van der Waals surface area contributed by atoms with Crippen molar-refractivity contribution in [2.75, 3.05) is 39.9 Å². The molecule has 0 aromatic carbocycles. The lowest BCUT2D eigenvalue weighted by Crippen LogP contribution is -2.37. The third-order valence-electron chi connectivity index (χ3n) is 3.42. The van der Waals surface area contributed by atoms with Crippen molar-refractivity contribution >= 4 is 0 Å². The number of nitrogens with zero attached hydrogens (tertiary/aromatic N) is 1. The zero-order valence-electron chi connectivity index (χ0n) is 10.5. The van der Waals surface area contributed by atoms with Crippen LogP contribution in [0.5, 0.6) is 0 Å². The first-order valence-corrected chi connectivity index (χ1v) is 6.21. The molecule has 0 spiro atoms. The second kappa shape index (κ2) is 7.20. The van der Waals surface area contributed by atoms with Crippen molar-refractivity contribution in [3.8, 4) is 0 Å². The lowest BCUT2D eigenvalue weighted by atomic mass is 10.0. The zero-order chi connectivity index (χ0) is 11.1. The largest absolute Gasteiger partial charge is 0.383 e. The average Bonchev–Trinajstić information content (AvgIpc) is 2.72. The topological polar surface area (TPSA) is 24.5 Å². The third-order valence-corrected chi connectivity index (χ3v) is 3.42. The second-order valence-corrected chi connectivity index (χ2v) is 4.58. The smallest absolute Gasteiger partial charge is 0.0615 e. The predicted octanol–water partition coefficient (Wildman–Crippen LogP) is 1.34. The van der Waals surface area contributed by atoms with Crippen LogP contribution in [-0.4, -0.2) is 50.8 Å². The van der Waals surface area contributed by atoms with Crippen molar-refractivity contribution in [2.24, 2.45) is 5.92 Å². The quantitative estimate of drug-likeness (QED) is 0.692. The first-order valence-electron chi connectivity index (χ1n) is 6.21. The second-order valence-electron chi connectivity index (χ2n) is 4.58. The van der Waals surface area contributed by atoms with Crippen LogP contribution >= 0.6 is 0 Å². The van der Waals surface area contributed by atoms with Crippen LogP contribution in [0.15, 0.2) is 0 Å². The Morgan fingerprint density at radius 3 is 2.87 bits per heavy atom. The van der Waals surface area contributed by atoms with Gasteiger partial charge in [-0.15, -0.1) is 0 Å². The molecule has 1 aliphatic rings. The van der Waals surface area contributed by atoms with Crippen molar-refractivity contribution in [3.63, 3.8) is 0 Å². The van der Waals surface area contributed by atoms with E-state index in [0.717, 1.165) is 19.1 Å². The molecule has 0 aromatic heterocycles. The van der Waals surface area contributed by atoms with Gasteiger partial charge in [0.15, 0.2) is 0 Å². The van der Waals surface area contributed by atoms with Crippen LogP contribution in [0.1, 0.15) is 26.7 Å². The summed E-state index contributed by atoms with van der Waals surface area (Å²) in [4.78, 5) is 2.52. The maximum atomic E-state index is 5.20. The van der Waals surface area contributed by atoms with Gasteiger partial charge >= 0.3 is 0 Å². The van der Waals surface area contributed by atoms with Crippen molar-refractivity contribution < 1.29 is 4.74 Å². The first kappa shape index (κ1) is 12.9. The summed E-state index contributed by atoms with van der Waals surface area (Å²) >= 11 is 0. The van der Waals surface area contributed by atoms with Gasteiger partial charge in [0.25, 0.3) is 0 Å². The van der Waals surface area contributed by atoms with Crippen LogP contribution in [0, 0.1) is 5.92 Å². The van der Waals surface area contributed by atoms with Gasteiger partial charge in [-0.1, -0.05) is 6.92 Å². The summed E-state index contributed by atoms with van der Waals surface area (Å²) < 4.78 is 5.20. The maximum absolute atomic E-state index is 5.20. The monoisotopic (exact) mass is 214 g/mol. The van der Waals surface area contributed by atoms with Crippen LogP contribution in [0.4, 0.5) is 0 Å². The third kappa shape index (κ3) is 4.49. The van der Waals surface area contributed by atoms with Crippen LogP contribution in [0.3, 0.4) is 0 Å². The molecule has 0 bridgehead atoms. The lowest BCUT2D eigenvalue weighted by molar-refractivity contribution is 0.0990. The predicted molar refractivity (Wildman–Crippen MR) is 64.2 cm³/mol. The van der Waals surface area contributed by atoms with Crippen molar-refractivity contribution in [3.05, 3.63) is 0 Å². The number of rotatable bonds is 7. The van der Waals surface area contributed by atoms with Crippen LogP contribution in [-0.2, 0) is 4.74 Å². The number of methoxy groups -OCH3 is 1. The van der Waals surface area contributed by atoms with Gasteiger partial charge in [0.1, 0.15) is 0 Å². The summed E-state index contributed by atoms with van der Waals surface area (Å²) in [6.07, 6.45) is 2.69. The van der Waals surface area contributed by atoms with E-state index in [2.05, 4.69) is 24.1 Å². The lowest BCUT2D eigenvalue weighted by Gasteiger charge is -2.28. The Labute approximate surface area is 94.2 Å². The van der Waals surface area contributed by atoms with E-state index in [0.29, 0.717) is 6.04 Å². The molecule has 1 N–H and O–H groups in total. The van der Waals surface area contributed by atoms with Crippen LogP contribution in [0.25, 0.3) is 0 Å². The average molecular weight is 214 g/mol. The highest BCUT2D eigenvalue weighted by atomic mass is 16.5. The highest BCUT2D eigenvalue weighted by Crippen LogP contribution is 2.13. The summed E-state index contributed by atoms with van der Waals surface area (Å²) in [7, 11) is 1.78. The number of hydrogen-bond donors (Lipinski definition) is 1. The minimum Gasteiger partial charge on any atom is -0.383 e. The highest BCUT2D eigenvalue weighted by Gasteiger charge is 2.17. The van der Waals surface area contributed by atoms with E-state index in [1.54, 1.807) is 7.11 Å². The molecule has 2 atom stereocenters. The molecule has 1 fully saturated rings. The molecule has 0 amide bonds. The summed E-state index contributed by atoms with van der Waals surface area (Å²) in [5, 5.41) is 3.43. The van der Waals surface area contributed by atoms with E-state index in [1.807, 2.05) is 0 Å². The molecule has 0 saturated carbocycles. The van der Waals surface area contributed by atoms with Gasteiger partial charge in [-0.2, -0.15) is 0 Å². The summed E-state index contributed by atoms with van der Waals surface area (Å²) in [5.41, 5.74) is 0. The number of nitrogens with one attached hydrogen (secondary N) is 1. The fraction of sp³-hybridized carbons (Fsp3) is 1.00. The number of likely N-dealkylation sites (N-methyl/N-ethyl adjacent to an activating group) is 1. The van der Waals surface area contributed by atoms with Gasteiger partial charge in [0, 0.05) is 13.2 Å². The maximum Gasteiger partial charge on any atom is 0.0615 e. The van der Waals surface area contributed by atoms with Crippen molar-refractivity contribution in [1.82, 2.24) is 10.2 Å². The van der Waals surface area contributed by atoms with E-state index in [-0.39, 0.29) is 0 Å². The van der Waals surface area contributed by atoms with E-state index in [4.69, 9.17) is 4.74 Å². The SMILES string of the molecule is CCN(CCC1CCNC1)C(C)COC. The molecule has 0 radical (unpaired) electrons. The zero-order valence-corrected chi connectivity index (χ0v) is 10.5. The van der Waals surface area contributed by atoms with Gasteiger partial charge in [0.2, 0.25) is 0 Å². The Bertz CT molecular complexity index is 158. The molecule has 2 unspecified atom stereocenters. The van der Waals surface area contributed by atoms with Crippen LogP contribution < -0.4 is 5.32 Å². The molecule has 1 heterocycles. The molecule has 0 aromatic rings. The van der Waals surface area contributed by atoms with Gasteiger partial charge in [-0.05, 0) is 51.9 Å². The minimum absolute atomic E-state index is 0.550. The fourth-order valence-corrected chi connectivity index (χ4v) is 2.35. The molecule has 90 valence electrons. The van der Waals surface area contributed by atoms with E-state index in [1.165, 1.54) is 32.5 Å². The Morgan fingerprint density at radius 1 is 1.53 bits per heavy atom. The highest BCUT2D eigenvalue weighted by molar-refractivity contribution is 4.74. The Kier molecular flexibility index (Phi) is 6.22. The molecule has 1 saturated heterocycles. The first-order chi connectivity index (χ1) is 7.27.